The largest absolute Gasteiger partial charge is 0.365 e. The molecule has 0 aliphatic heterocycles. The van der Waals surface area contributed by atoms with Crippen molar-refractivity contribution < 1.29 is 0 Å². The van der Waals surface area contributed by atoms with E-state index in [1.165, 1.54) is 11.1 Å². The quantitative estimate of drug-likeness (QED) is 0.590. The lowest BCUT2D eigenvalue weighted by Gasteiger charge is -2.15. The van der Waals surface area contributed by atoms with Gasteiger partial charge in [0.05, 0.1) is 6.33 Å². The maximum Gasteiger partial charge on any atom is 0.178 e. The van der Waals surface area contributed by atoms with Gasteiger partial charge in [0, 0.05) is 30.9 Å². The minimum absolute atomic E-state index is 0.115. The van der Waals surface area contributed by atoms with Crippen LogP contribution in [0.5, 0.6) is 0 Å². The Morgan fingerprint density at radius 3 is 2.44 bits per heavy atom. The summed E-state index contributed by atoms with van der Waals surface area (Å²) in [5.41, 5.74) is 3.09. The van der Waals surface area contributed by atoms with Crippen LogP contribution in [0.25, 0.3) is 5.65 Å². The molecule has 3 heterocycles. The minimum Gasteiger partial charge on any atom is -0.365 e. The summed E-state index contributed by atoms with van der Waals surface area (Å²) in [4.78, 5) is 4.07. The van der Waals surface area contributed by atoms with Crippen molar-refractivity contribution in [1.82, 2.24) is 29.4 Å². The van der Waals surface area contributed by atoms with Gasteiger partial charge in [0.25, 0.3) is 0 Å². The van der Waals surface area contributed by atoms with Crippen LogP contribution in [0, 0.1) is 0 Å². The zero-order valence-corrected chi connectivity index (χ0v) is 15.8. The van der Waals surface area contributed by atoms with Crippen molar-refractivity contribution in [2.75, 3.05) is 5.32 Å². The SMILES string of the molecule is CC(C)(C)c1nnc2ccc(NCc3ccc(Cn4ccnc4)cc3)nn12. The molecule has 0 bridgehead atoms. The molecule has 7 heteroatoms. The fraction of sp³-hybridized carbons (Fsp3) is 0.300. The molecule has 4 rings (SSSR count). The fourth-order valence-electron chi connectivity index (χ4n) is 2.90. The average Bonchev–Trinajstić information content (AvgIpc) is 3.29. The van der Waals surface area contributed by atoms with Gasteiger partial charge in [-0.2, -0.15) is 4.52 Å². The first-order valence-electron chi connectivity index (χ1n) is 8.99. The van der Waals surface area contributed by atoms with Gasteiger partial charge in [0.2, 0.25) is 0 Å². The lowest BCUT2D eigenvalue weighted by Crippen LogP contribution is -2.17. The van der Waals surface area contributed by atoms with E-state index in [0.717, 1.165) is 23.8 Å². The van der Waals surface area contributed by atoms with E-state index < -0.39 is 0 Å². The normalized spacial score (nSPS) is 11.8. The summed E-state index contributed by atoms with van der Waals surface area (Å²) >= 11 is 0. The summed E-state index contributed by atoms with van der Waals surface area (Å²) in [6, 6.07) is 12.4. The molecule has 138 valence electrons. The number of aromatic nitrogens is 6. The lowest BCUT2D eigenvalue weighted by molar-refractivity contribution is 0.527. The maximum absolute atomic E-state index is 4.65. The van der Waals surface area contributed by atoms with Gasteiger partial charge >= 0.3 is 0 Å². The van der Waals surface area contributed by atoms with Crippen LogP contribution in [0.3, 0.4) is 0 Å². The Kier molecular flexibility index (Phi) is 4.35. The smallest absolute Gasteiger partial charge is 0.178 e. The summed E-state index contributed by atoms with van der Waals surface area (Å²) in [5, 5.41) is 16.5. The zero-order valence-electron chi connectivity index (χ0n) is 15.8. The Bertz CT molecular complexity index is 1020. The van der Waals surface area contributed by atoms with Gasteiger partial charge in [-0.3, -0.25) is 0 Å². The lowest BCUT2D eigenvalue weighted by atomic mass is 9.96. The number of hydrogen-bond donors (Lipinski definition) is 1. The van der Waals surface area contributed by atoms with Gasteiger partial charge in [-0.25, -0.2) is 4.98 Å². The monoisotopic (exact) mass is 361 g/mol. The van der Waals surface area contributed by atoms with Gasteiger partial charge in [-0.15, -0.1) is 15.3 Å². The molecule has 0 fully saturated rings. The Labute approximate surface area is 158 Å². The molecule has 3 aromatic heterocycles. The zero-order chi connectivity index (χ0) is 18.9. The van der Waals surface area contributed by atoms with E-state index in [0.29, 0.717) is 6.54 Å². The molecule has 0 amide bonds. The van der Waals surface area contributed by atoms with E-state index in [9.17, 15) is 0 Å². The number of hydrogen-bond acceptors (Lipinski definition) is 5. The predicted octanol–water partition coefficient (Wildman–Crippen LogP) is 3.28. The first kappa shape index (κ1) is 17.2. The van der Waals surface area contributed by atoms with Crippen LogP contribution < -0.4 is 5.32 Å². The Hall–Kier alpha value is -3.22. The van der Waals surface area contributed by atoms with Crippen LogP contribution in [-0.4, -0.2) is 29.4 Å². The van der Waals surface area contributed by atoms with E-state index in [1.54, 1.807) is 6.20 Å². The highest BCUT2D eigenvalue weighted by Gasteiger charge is 2.21. The van der Waals surface area contributed by atoms with Gasteiger partial charge in [-0.1, -0.05) is 45.0 Å². The molecule has 1 aromatic carbocycles. The molecule has 0 aliphatic carbocycles. The molecule has 0 aliphatic rings. The van der Waals surface area contributed by atoms with E-state index >= 15 is 0 Å². The fourth-order valence-corrected chi connectivity index (χ4v) is 2.90. The van der Waals surface area contributed by atoms with Gasteiger partial charge in [-0.05, 0) is 23.3 Å². The van der Waals surface area contributed by atoms with Crippen molar-refractivity contribution in [2.24, 2.45) is 0 Å². The molecule has 4 aromatic rings. The molecule has 0 saturated carbocycles. The Balaban J connectivity index is 1.45. The van der Waals surface area contributed by atoms with Crippen molar-refractivity contribution in [3.05, 3.63) is 72.1 Å². The highest BCUT2D eigenvalue weighted by Crippen LogP contribution is 2.20. The molecule has 0 unspecified atom stereocenters. The number of imidazole rings is 1. The van der Waals surface area contributed by atoms with Gasteiger partial charge < -0.3 is 9.88 Å². The second kappa shape index (κ2) is 6.83. The molecular formula is C20H23N7. The van der Waals surface area contributed by atoms with Crippen molar-refractivity contribution in [3.8, 4) is 0 Å². The maximum atomic E-state index is 4.65. The molecule has 27 heavy (non-hydrogen) atoms. The molecule has 0 radical (unpaired) electrons. The van der Waals surface area contributed by atoms with Crippen molar-refractivity contribution in [2.45, 2.75) is 39.3 Å². The van der Waals surface area contributed by atoms with E-state index in [2.05, 4.69) is 75.2 Å². The van der Waals surface area contributed by atoms with Crippen LogP contribution in [-0.2, 0) is 18.5 Å². The van der Waals surface area contributed by atoms with E-state index in [4.69, 9.17) is 0 Å². The second-order valence-corrected chi connectivity index (χ2v) is 7.67. The molecule has 0 atom stereocenters. The summed E-state index contributed by atoms with van der Waals surface area (Å²) < 4.78 is 3.87. The number of benzene rings is 1. The number of anilines is 1. The van der Waals surface area contributed by atoms with E-state index in [1.807, 2.05) is 29.2 Å². The molecule has 7 nitrogen and oxygen atoms in total. The van der Waals surface area contributed by atoms with Crippen molar-refractivity contribution >= 4 is 11.5 Å². The third kappa shape index (κ3) is 3.81. The van der Waals surface area contributed by atoms with Gasteiger partial charge in [0.1, 0.15) is 5.82 Å². The number of nitrogens with one attached hydrogen (secondary N) is 1. The van der Waals surface area contributed by atoms with Crippen LogP contribution in [0.1, 0.15) is 37.7 Å². The molecular weight excluding hydrogens is 338 g/mol. The Morgan fingerprint density at radius 2 is 1.74 bits per heavy atom. The molecule has 1 N–H and O–H groups in total. The average molecular weight is 361 g/mol. The summed E-state index contributed by atoms with van der Waals surface area (Å²) in [6.07, 6.45) is 5.59. The van der Waals surface area contributed by atoms with Crippen molar-refractivity contribution in [1.29, 1.82) is 0 Å². The molecule has 0 spiro atoms. The van der Waals surface area contributed by atoms with Crippen LogP contribution in [0.2, 0.25) is 0 Å². The third-order valence-electron chi connectivity index (χ3n) is 4.35. The minimum atomic E-state index is -0.115. The predicted molar refractivity (Wildman–Crippen MR) is 105 cm³/mol. The summed E-state index contributed by atoms with van der Waals surface area (Å²) in [6.45, 7) is 7.86. The number of rotatable bonds is 5. The topological polar surface area (TPSA) is 72.9 Å². The van der Waals surface area contributed by atoms with Gasteiger partial charge in [0.15, 0.2) is 11.5 Å². The second-order valence-electron chi connectivity index (χ2n) is 7.67. The first-order chi connectivity index (χ1) is 13.0. The summed E-state index contributed by atoms with van der Waals surface area (Å²) in [7, 11) is 0. The Morgan fingerprint density at radius 1 is 0.963 bits per heavy atom. The van der Waals surface area contributed by atoms with Crippen LogP contribution >= 0.6 is 0 Å². The standard InChI is InChI=1S/C20H23N7/c1-20(2,3)19-24-23-18-9-8-17(25-27(18)19)22-12-15-4-6-16(7-5-15)13-26-11-10-21-14-26/h4-11,14H,12-13H2,1-3H3,(H,22,25). The number of nitrogens with zero attached hydrogens (tertiary/aromatic N) is 6. The van der Waals surface area contributed by atoms with Crippen molar-refractivity contribution in [3.63, 3.8) is 0 Å². The highest BCUT2D eigenvalue weighted by atomic mass is 15.4. The van der Waals surface area contributed by atoms with Crippen LogP contribution in [0.15, 0.2) is 55.1 Å². The van der Waals surface area contributed by atoms with Crippen LogP contribution in [0.4, 0.5) is 5.82 Å². The first-order valence-corrected chi connectivity index (χ1v) is 8.99. The number of fused-ring (bicyclic) bond motifs is 1. The summed E-state index contributed by atoms with van der Waals surface area (Å²) in [5.74, 6) is 1.65. The molecule has 0 saturated heterocycles. The van der Waals surface area contributed by atoms with E-state index in [-0.39, 0.29) is 5.41 Å². The highest BCUT2D eigenvalue weighted by molar-refractivity contribution is 5.45. The third-order valence-corrected chi connectivity index (χ3v) is 4.35.